The number of carbonyl (C=O) groups excluding carboxylic acids is 1. The summed E-state index contributed by atoms with van der Waals surface area (Å²) in [5, 5.41) is 6.99. The topological polar surface area (TPSA) is 46.9 Å². The zero-order chi connectivity index (χ0) is 15.2. The van der Waals surface area contributed by atoms with Crippen molar-refractivity contribution in [1.29, 1.82) is 0 Å². The van der Waals surface area contributed by atoms with Gasteiger partial charge in [-0.15, -0.1) is 0 Å². The second-order valence-corrected chi connectivity index (χ2v) is 4.79. The molecule has 4 nitrogen and oxygen atoms in total. The van der Waals surface area contributed by atoms with Crippen molar-refractivity contribution in [3.05, 3.63) is 54.0 Å². The van der Waals surface area contributed by atoms with E-state index in [9.17, 15) is 9.18 Å². The molecule has 5 heteroatoms. The van der Waals surface area contributed by atoms with Crippen LogP contribution in [0.5, 0.6) is 0 Å². The molecule has 0 aliphatic heterocycles. The van der Waals surface area contributed by atoms with Crippen molar-refractivity contribution in [2.75, 3.05) is 5.32 Å². The molecule has 0 spiro atoms. The van der Waals surface area contributed by atoms with Gasteiger partial charge >= 0.3 is 0 Å². The number of hydrogen-bond donors (Lipinski definition) is 1. The third-order valence-corrected chi connectivity index (χ3v) is 3.23. The van der Waals surface area contributed by atoms with Gasteiger partial charge in [0.15, 0.2) is 0 Å². The number of anilines is 1. The number of benzene rings is 1. The minimum atomic E-state index is -0.297. The molecule has 0 aliphatic rings. The van der Waals surface area contributed by atoms with Gasteiger partial charge in [0.1, 0.15) is 11.6 Å². The molecule has 21 heavy (non-hydrogen) atoms. The highest BCUT2D eigenvalue weighted by Crippen LogP contribution is 2.16. The minimum absolute atomic E-state index is 0.219. The monoisotopic (exact) mass is 287 g/mol. The Morgan fingerprint density at radius 3 is 2.76 bits per heavy atom. The van der Waals surface area contributed by atoms with E-state index in [-0.39, 0.29) is 17.8 Å². The number of rotatable bonds is 5. The Hall–Kier alpha value is -2.43. The maximum atomic E-state index is 12.8. The van der Waals surface area contributed by atoms with E-state index in [1.165, 1.54) is 18.2 Å². The molecule has 0 radical (unpaired) electrons. The van der Waals surface area contributed by atoms with Gasteiger partial charge in [0.25, 0.3) is 0 Å². The Balaban J connectivity index is 2.02. The van der Waals surface area contributed by atoms with Crippen molar-refractivity contribution >= 4 is 17.8 Å². The number of halogens is 1. The maximum absolute atomic E-state index is 12.8. The Kier molecular flexibility index (Phi) is 4.87. The van der Waals surface area contributed by atoms with E-state index < -0.39 is 0 Å². The van der Waals surface area contributed by atoms with Gasteiger partial charge in [0.2, 0.25) is 5.91 Å². The largest absolute Gasteiger partial charge is 0.307 e. The molecule has 1 N–H and O–H groups in total. The van der Waals surface area contributed by atoms with Gasteiger partial charge in [-0.2, -0.15) is 5.10 Å². The number of aromatic nitrogens is 2. The Morgan fingerprint density at radius 1 is 1.38 bits per heavy atom. The number of nitrogens with zero attached hydrogens (tertiary/aromatic N) is 2. The summed E-state index contributed by atoms with van der Waals surface area (Å²) < 4.78 is 14.6. The molecule has 1 atom stereocenters. The molecule has 0 saturated heterocycles. The fraction of sp³-hybridized carbons (Fsp3) is 0.250. The lowest BCUT2D eigenvalue weighted by atomic mass is 10.2. The Morgan fingerprint density at radius 2 is 2.10 bits per heavy atom. The van der Waals surface area contributed by atoms with Crippen LogP contribution < -0.4 is 5.32 Å². The van der Waals surface area contributed by atoms with Gasteiger partial charge < -0.3 is 5.32 Å². The molecule has 1 amide bonds. The number of nitrogens with one attached hydrogen (secondary N) is 1. The number of amides is 1. The molecule has 2 aromatic rings. The predicted octanol–water partition coefficient (Wildman–Crippen LogP) is 3.65. The molecule has 1 heterocycles. The first-order chi connectivity index (χ1) is 10.1. The summed E-state index contributed by atoms with van der Waals surface area (Å²) in [4.78, 5) is 11.9. The molecular weight excluding hydrogens is 269 g/mol. The van der Waals surface area contributed by atoms with Gasteiger partial charge in [-0.3, -0.25) is 4.79 Å². The lowest BCUT2D eigenvalue weighted by molar-refractivity contribution is -0.111. The van der Waals surface area contributed by atoms with Crippen molar-refractivity contribution in [2.45, 2.75) is 26.3 Å². The van der Waals surface area contributed by atoms with Gasteiger partial charge in [0.05, 0.1) is 12.2 Å². The van der Waals surface area contributed by atoms with E-state index in [4.69, 9.17) is 0 Å². The van der Waals surface area contributed by atoms with Crippen LogP contribution in [0.25, 0.3) is 6.08 Å². The lowest BCUT2D eigenvalue weighted by Gasteiger charge is -2.13. The first kappa shape index (κ1) is 15.0. The van der Waals surface area contributed by atoms with Crippen molar-refractivity contribution in [1.82, 2.24) is 9.78 Å². The first-order valence-corrected chi connectivity index (χ1v) is 6.88. The third-order valence-electron chi connectivity index (χ3n) is 3.23. The summed E-state index contributed by atoms with van der Waals surface area (Å²) in [6.45, 7) is 4.10. The van der Waals surface area contributed by atoms with E-state index in [0.29, 0.717) is 5.82 Å². The SMILES string of the molecule is CCC(C)n1nccc1NC(=O)/C=C/c1ccc(F)cc1. The second-order valence-electron chi connectivity index (χ2n) is 4.79. The molecule has 110 valence electrons. The summed E-state index contributed by atoms with van der Waals surface area (Å²) >= 11 is 0. The van der Waals surface area contributed by atoms with E-state index >= 15 is 0 Å². The van der Waals surface area contributed by atoms with E-state index in [1.54, 1.807) is 35.2 Å². The first-order valence-electron chi connectivity index (χ1n) is 6.88. The molecule has 0 bridgehead atoms. The summed E-state index contributed by atoms with van der Waals surface area (Å²) in [6.07, 6.45) is 5.64. The van der Waals surface area contributed by atoms with Crippen molar-refractivity contribution < 1.29 is 9.18 Å². The lowest BCUT2D eigenvalue weighted by Crippen LogP contribution is -2.15. The van der Waals surface area contributed by atoms with Crippen LogP contribution >= 0.6 is 0 Å². The number of carbonyl (C=O) groups is 1. The molecule has 1 aromatic carbocycles. The summed E-state index contributed by atoms with van der Waals surface area (Å²) in [7, 11) is 0. The van der Waals surface area contributed by atoms with E-state index in [2.05, 4.69) is 17.3 Å². The van der Waals surface area contributed by atoms with Crippen LogP contribution in [-0.4, -0.2) is 15.7 Å². The maximum Gasteiger partial charge on any atom is 0.249 e. The van der Waals surface area contributed by atoms with Gasteiger partial charge in [-0.25, -0.2) is 9.07 Å². The fourth-order valence-corrected chi connectivity index (χ4v) is 1.85. The molecule has 1 unspecified atom stereocenters. The van der Waals surface area contributed by atoms with E-state index in [1.807, 2.05) is 6.92 Å². The Bertz CT molecular complexity index is 631. The predicted molar refractivity (Wildman–Crippen MR) is 81.3 cm³/mol. The zero-order valence-corrected chi connectivity index (χ0v) is 12.1. The van der Waals surface area contributed by atoms with Crippen LogP contribution in [0.15, 0.2) is 42.6 Å². The van der Waals surface area contributed by atoms with Crippen LogP contribution in [0.4, 0.5) is 10.2 Å². The Labute approximate surface area is 123 Å². The highest BCUT2D eigenvalue weighted by atomic mass is 19.1. The molecule has 0 aliphatic carbocycles. The normalized spacial score (nSPS) is 12.5. The second kappa shape index (κ2) is 6.83. The molecule has 0 fully saturated rings. The summed E-state index contributed by atoms with van der Waals surface area (Å²) in [5.41, 5.74) is 0.766. The minimum Gasteiger partial charge on any atom is -0.307 e. The number of hydrogen-bond acceptors (Lipinski definition) is 2. The summed E-state index contributed by atoms with van der Waals surface area (Å²) in [6, 6.07) is 7.92. The van der Waals surface area contributed by atoms with Gasteiger partial charge in [-0.05, 0) is 37.1 Å². The fourth-order valence-electron chi connectivity index (χ4n) is 1.85. The highest BCUT2D eigenvalue weighted by Gasteiger charge is 2.09. The van der Waals surface area contributed by atoms with Gasteiger partial charge in [0, 0.05) is 12.1 Å². The van der Waals surface area contributed by atoms with Crippen LogP contribution in [0.1, 0.15) is 31.9 Å². The third kappa shape index (κ3) is 4.02. The van der Waals surface area contributed by atoms with Crippen LogP contribution in [0.3, 0.4) is 0 Å². The van der Waals surface area contributed by atoms with E-state index in [0.717, 1.165) is 12.0 Å². The smallest absolute Gasteiger partial charge is 0.249 e. The van der Waals surface area contributed by atoms with Gasteiger partial charge in [-0.1, -0.05) is 19.1 Å². The highest BCUT2D eigenvalue weighted by molar-refractivity contribution is 6.01. The molecule has 0 saturated carbocycles. The quantitative estimate of drug-likeness (QED) is 0.853. The average molecular weight is 287 g/mol. The molecule has 1 aromatic heterocycles. The summed E-state index contributed by atoms with van der Waals surface area (Å²) in [5.74, 6) is 0.122. The zero-order valence-electron chi connectivity index (χ0n) is 12.1. The standard InChI is InChI=1S/C16H18FN3O/c1-3-12(2)20-15(10-11-18-20)19-16(21)9-6-13-4-7-14(17)8-5-13/h4-12H,3H2,1-2H3,(H,19,21)/b9-6+. The van der Waals surface area contributed by atoms with Crippen LogP contribution in [-0.2, 0) is 4.79 Å². The van der Waals surface area contributed by atoms with Crippen LogP contribution in [0, 0.1) is 5.82 Å². The molecular formula is C16H18FN3O. The molecule has 2 rings (SSSR count). The average Bonchev–Trinajstić information content (AvgIpc) is 2.94. The van der Waals surface area contributed by atoms with Crippen molar-refractivity contribution in [2.24, 2.45) is 0 Å². The van der Waals surface area contributed by atoms with Crippen LogP contribution in [0.2, 0.25) is 0 Å². The van der Waals surface area contributed by atoms with Crippen molar-refractivity contribution in [3.8, 4) is 0 Å². The van der Waals surface area contributed by atoms with Crippen molar-refractivity contribution in [3.63, 3.8) is 0 Å².